The molecule has 0 atom stereocenters. The van der Waals surface area contributed by atoms with Gasteiger partial charge in [-0.25, -0.2) is 0 Å². The second kappa shape index (κ2) is 10.8. The number of piperidine rings is 1. The molecule has 1 fully saturated rings. The molecule has 1 heterocycles. The van der Waals surface area contributed by atoms with E-state index in [2.05, 4.69) is 5.32 Å². The number of hydrogen-bond acceptors (Lipinski definition) is 3. The van der Waals surface area contributed by atoms with Crippen molar-refractivity contribution in [2.45, 2.75) is 32.6 Å². The van der Waals surface area contributed by atoms with Crippen LogP contribution >= 0.6 is 24.0 Å². The Labute approximate surface area is 156 Å². The zero-order valence-electron chi connectivity index (χ0n) is 14.5. The molecule has 4 nitrogen and oxygen atoms in total. The van der Waals surface area contributed by atoms with E-state index >= 15 is 0 Å². The van der Waals surface area contributed by atoms with Crippen molar-refractivity contribution in [1.82, 2.24) is 10.2 Å². The second-order valence-corrected chi connectivity index (χ2v) is 6.65. The molecule has 2 rings (SSSR count). The maximum Gasteiger partial charge on any atom is 0.222 e. The highest BCUT2D eigenvalue weighted by molar-refractivity contribution is 6.31. The fourth-order valence-corrected chi connectivity index (χ4v) is 3.07. The number of carbonyl (C=O) groups is 1. The van der Waals surface area contributed by atoms with E-state index < -0.39 is 0 Å². The van der Waals surface area contributed by atoms with Crippen LogP contribution in [0.1, 0.15) is 31.2 Å². The van der Waals surface area contributed by atoms with Crippen molar-refractivity contribution in [2.75, 3.05) is 33.3 Å². The lowest BCUT2D eigenvalue weighted by molar-refractivity contribution is -0.132. The van der Waals surface area contributed by atoms with E-state index in [4.69, 9.17) is 16.3 Å². The summed E-state index contributed by atoms with van der Waals surface area (Å²) in [4.78, 5) is 14.2. The minimum Gasteiger partial charge on any atom is -0.494 e. The van der Waals surface area contributed by atoms with Gasteiger partial charge < -0.3 is 15.0 Å². The number of carbonyl (C=O) groups excluding carboxylic acids is 1. The van der Waals surface area contributed by atoms with Gasteiger partial charge in [0.2, 0.25) is 5.91 Å². The number of hydrogen-bond donors (Lipinski definition) is 1. The molecule has 1 amide bonds. The first-order valence-corrected chi connectivity index (χ1v) is 8.79. The van der Waals surface area contributed by atoms with Gasteiger partial charge in [-0.2, -0.15) is 0 Å². The second-order valence-electron chi connectivity index (χ2n) is 6.24. The van der Waals surface area contributed by atoms with Gasteiger partial charge >= 0.3 is 0 Å². The summed E-state index contributed by atoms with van der Waals surface area (Å²) in [7, 11) is 1.99. The highest BCUT2D eigenvalue weighted by Crippen LogP contribution is 2.21. The minimum atomic E-state index is 0. The van der Waals surface area contributed by atoms with Crippen LogP contribution in [0.5, 0.6) is 5.75 Å². The Morgan fingerprint density at radius 3 is 2.71 bits per heavy atom. The third-order valence-corrected chi connectivity index (χ3v) is 4.82. The molecule has 0 aromatic heterocycles. The first kappa shape index (κ1) is 21.1. The van der Waals surface area contributed by atoms with Gasteiger partial charge in [0.15, 0.2) is 0 Å². The van der Waals surface area contributed by atoms with Gasteiger partial charge in [-0.15, -0.1) is 12.4 Å². The number of rotatable bonds is 7. The first-order valence-electron chi connectivity index (χ1n) is 8.41. The highest BCUT2D eigenvalue weighted by Gasteiger charge is 2.21. The van der Waals surface area contributed by atoms with E-state index in [9.17, 15) is 4.79 Å². The van der Waals surface area contributed by atoms with Crippen LogP contribution in [0.15, 0.2) is 18.2 Å². The molecule has 136 valence electrons. The Bertz CT molecular complexity index is 518. The highest BCUT2D eigenvalue weighted by atomic mass is 35.5. The van der Waals surface area contributed by atoms with E-state index in [1.54, 1.807) is 0 Å². The van der Waals surface area contributed by atoms with Crippen LogP contribution in [0.3, 0.4) is 0 Å². The van der Waals surface area contributed by atoms with Crippen molar-refractivity contribution in [2.24, 2.45) is 5.92 Å². The Kier molecular flexibility index (Phi) is 9.49. The summed E-state index contributed by atoms with van der Waals surface area (Å²) in [5.74, 6) is 1.77. The fraction of sp³-hybridized carbons (Fsp3) is 0.611. The van der Waals surface area contributed by atoms with Gasteiger partial charge in [-0.05, 0) is 69.5 Å². The Hall–Kier alpha value is -0.970. The molecular formula is C18H28Cl2N2O2. The van der Waals surface area contributed by atoms with E-state index in [1.807, 2.05) is 37.1 Å². The number of nitrogens with zero attached hydrogens (tertiary/aromatic N) is 1. The van der Waals surface area contributed by atoms with E-state index in [-0.39, 0.29) is 18.3 Å². The fourth-order valence-electron chi connectivity index (χ4n) is 2.95. The monoisotopic (exact) mass is 374 g/mol. The van der Waals surface area contributed by atoms with Crippen molar-refractivity contribution in [3.05, 3.63) is 28.8 Å². The molecule has 1 aromatic rings. The normalized spacial score (nSPS) is 15.0. The third-order valence-electron chi connectivity index (χ3n) is 4.39. The molecule has 1 saturated heterocycles. The summed E-state index contributed by atoms with van der Waals surface area (Å²) in [6.45, 7) is 5.35. The molecule has 0 bridgehead atoms. The average Bonchev–Trinajstić information content (AvgIpc) is 2.55. The van der Waals surface area contributed by atoms with Gasteiger partial charge in [0, 0.05) is 24.5 Å². The maximum absolute atomic E-state index is 12.2. The number of halogens is 2. The molecule has 1 aliphatic heterocycles. The molecule has 1 N–H and O–H groups in total. The van der Waals surface area contributed by atoms with Crippen LogP contribution in [0.4, 0.5) is 0 Å². The first-order chi connectivity index (χ1) is 11.1. The predicted molar refractivity (Wildman–Crippen MR) is 101 cm³/mol. The number of likely N-dealkylation sites (tertiary alicyclic amines) is 1. The van der Waals surface area contributed by atoms with Crippen molar-refractivity contribution < 1.29 is 9.53 Å². The average molecular weight is 375 g/mol. The molecule has 1 aromatic carbocycles. The summed E-state index contributed by atoms with van der Waals surface area (Å²) < 4.78 is 5.69. The van der Waals surface area contributed by atoms with Crippen LogP contribution < -0.4 is 10.1 Å². The maximum atomic E-state index is 12.2. The SMILES string of the molecule is CNCC1CCN(C(=O)CCCOc2ccc(Cl)c(C)c2)CC1.Cl. The smallest absolute Gasteiger partial charge is 0.222 e. The molecule has 6 heteroatoms. The minimum absolute atomic E-state index is 0. The number of aryl methyl sites for hydroxylation is 1. The zero-order valence-corrected chi connectivity index (χ0v) is 16.1. The van der Waals surface area contributed by atoms with E-state index in [0.29, 0.717) is 18.9 Å². The Morgan fingerprint density at radius 1 is 1.38 bits per heavy atom. The van der Waals surface area contributed by atoms with Crippen molar-refractivity contribution in [3.8, 4) is 5.75 Å². The molecule has 1 aliphatic rings. The molecule has 24 heavy (non-hydrogen) atoms. The van der Waals surface area contributed by atoms with Crippen molar-refractivity contribution in [3.63, 3.8) is 0 Å². The van der Waals surface area contributed by atoms with Gasteiger partial charge in [0.1, 0.15) is 5.75 Å². The lowest BCUT2D eigenvalue weighted by atomic mass is 9.96. The van der Waals surface area contributed by atoms with Crippen LogP contribution in [-0.4, -0.2) is 44.1 Å². The number of amides is 1. The number of nitrogens with one attached hydrogen (secondary N) is 1. The molecule has 0 unspecified atom stereocenters. The molecular weight excluding hydrogens is 347 g/mol. The van der Waals surface area contributed by atoms with Crippen LogP contribution in [0, 0.1) is 12.8 Å². The van der Waals surface area contributed by atoms with Gasteiger partial charge in [0.05, 0.1) is 6.61 Å². The Balaban J connectivity index is 0.00000288. The summed E-state index contributed by atoms with van der Waals surface area (Å²) in [5.41, 5.74) is 1.00. The third kappa shape index (κ3) is 6.50. The van der Waals surface area contributed by atoms with Crippen LogP contribution in [0.25, 0.3) is 0 Å². The molecule has 0 radical (unpaired) electrons. The predicted octanol–water partition coefficient (Wildman–Crippen LogP) is 3.69. The zero-order chi connectivity index (χ0) is 16.7. The molecule has 0 saturated carbocycles. The van der Waals surface area contributed by atoms with Crippen molar-refractivity contribution in [1.29, 1.82) is 0 Å². The van der Waals surface area contributed by atoms with E-state index in [1.165, 1.54) is 0 Å². The number of benzene rings is 1. The summed E-state index contributed by atoms with van der Waals surface area (Å²) in [6, 6.07) is 5.63. The largest absolute Gasteiger partial charge is 0.494 e. The van der Waals surface area contributed by atoms with Crippen LogP contribution in [0.2, 0.25) is 5.02 Å². The quantitative estimate of drug-likeness (QED) is 0.739. The van der Waals surface area contributed by atoms with Gasteiger partial charge in [-0.1, -0.05) is 11.6 Å². The number of ether oxygens (including phenoxy) is 1. The van der Waals surface area contributed by atoms with Crippen molar-refractivity contribution >= 4 is 29.9 Å². The Morgan fingerprint density at radius 2 is 2.08 bits per heavy atom. The molecule has 0 spiro atoms. The summed E-state index contributed by atoms with van der Waals surface area (Å²) >= 11 is 5.99. The summed E-state index contributed by atoms with van der Waals surface area (Å²) in [6.07, 6.45) is 3.51. The topological polar surface area (TPSA) is 41.6 Å². The standard InChI is InChI=1S/C18H27ClN2O2.ClH/c1-14-12-16(5-6-17(14)19)23-11-3-4-18(22)21-9-7-15(8-10-21)13-20-2;/h5-6,12,15,20H,3-4,7-11,13H2,1-2H3;1H. The van der Waals surface area contributed by atoms with Gasteiger partial charge in [-0.3, -0.25) is 4.79 Å². The molecule has 0 aliphatic carbocycles. The van der Waals surface area contributed by atoms with E-state index in [0.717, 1.165) is 55.2 Å². The summed E-state index contributed by atoms with van der Waals surface area (Å²) in [5, 5.41) is 3.96. The lowest BCUT2D eigenvalue weighted by Crippen LogP contribution is -2.40. The lowest BCUT2D eigenvalue weighted by Gasteiger charge is -2.32. The van der Waals surface area contributed by atoms with Crippen LogP contribution in [-0.2, 0) is 4.79 Å². The van der Waals surface area contributed by atoms with Gasteiger partial charge in [0.25, 0.3) is 0 Å².